The number of urea groups is 1. The number of anilines is 2. The highest BCUT2D eigenvalue weighted by Crippen LogP contribution is 2.28. The van der Waals surface area contributed by atoms with Crippen LogP contribution >= 0.6 is 0 Å². The summed E-state index contributed by atoms with van der Waals surface area (Å²) in [5.74, 6) is 1.22. The van der Waals surface area contributed by atoms with E-state index < -0.39 is 6.03 Å². The largest absolute Gasteiger partial charge is 0.457 e. The highest BCUT2D eigenvalue weighted by Gasteiger charge is 2.22. The second-order valence-corrected chi connectivity index (χ2v) is 10.0. The summed E-state index contributed by atoms with van der Waals surface area (Å²) in [5, 5.41) is 13.9. The van der Waals surface area contributed by atoms with E-state index in [1.165, 1.54) is 19.6 Å². The zero-order chi connectivity index (χ0) is 28.3. The fraction of sp³-hybridized carbons (Fsp3) is 0.172. The summed E-state index contributed by atoms with van der Waals surface area (Å²) < 4.78 is 7.53. The van der Waals surface area contributed by atoms with E-state index in [0.717, 1.165) is 22.3 Å². The van der Waals surface area contributed by atoms with Crippen molar-refractivity contribution in [1.29, 1.82) is 0 Å². The summed E-state index contributed by atoms with van der Waals surface area (Å²) in [4.78, 5) is 37.2. The van der Waals surface area contributed by atoms with Crippen molar-refractivity contribution in [2.75, 3.05) is 17.7 Å². The molecule has 3 heterocycles. The van der Waals surface area contributed by atoms with Crippen LogP contribution in [0, 0.1) is 0 Å². The lowest BCUT2D eigenvalue weighted by molar-refractivity contribution is 0.0957. The minimum atomic E-state index is -0.427. The van der Waals surface area contributed by atoms with Gasteiger partial charge in [-0.05, 0) is 48.5 Å². The Labute approximate surface area is 230 Å². The fourth-order valence-corrected chi connectivity index (χ4v) is 3.89. The van der Waals surface area contributed by atoms with Crippen LogP contribution in [-0.4, -0.2) is 43.7 Å². The van der Waals surface area contributed by atoms with Crippen LogP contribution in [0.15, 0.2) is 79.4 Å². The summed E-state index contributed by atoms with van der Waals surface area (Å²) in [5.41, 5.74) is 2.99. The van der Waals surface area contributed by atoms with E-state index >= 15 is 0 Å². The number of aromatic nitrogens is 5. The van der Waals surface area contributed by atoms with E-state index in [-0.39, 0.29) is 17.0 Å². The maximum absolute atomic E-state index is 13.0. The molecule has 0 unspecified atom stereocenters. The van der Waals surface area contributed by atoms with Gasteiger partial charge in [0.05, 0.1) is 16.9 Å². The molecular weight excluding hydrogens is 508 g/mol. The zero-order valence-electron chi connectivity index (χ0n) is 22.5. The van der Waals surface area contributed by atoms with Gasteiger partial charge in [0.25, 0.3) is 5.91 Å². The van der Waals surface area contributed by atoms with Crippen molar-refractivity contribution < 1.29 is 14.3 Å². The minimum absolute atomic E-state index is 0.232. The van der Waals surface area contributed by atoms with Gasteiger partial charge in [-0.1, -0.05) is 20.8 Å². The standard InChI is InChI=1S/C29H28N8O3/c1-29(2,3)25-15-26(37(36-25)20-7-10-23-18(13-20)16-31-17-33-23)35-28(39)34-19-5-8-21(9-6-19)40-22-11-12-32-24(14-22)27(38)30-4/h5-17H,1-4H3,(H,30,38)(H2,34,35,39). The number of hydrogen-bond donors (Lipinski definition) is 3. The fourth-order valence-electron chi connectivity index (χ4n) is 3.89. The van der Waals surface area contributed by atoms with Crippen LogP contribution in [0.3, 0.4) is 0 Å². The number of pyridine rings is 1. The smallest absolute Gasteiger partial charge is 0.324 e. The van der Waals surface area contributed by atoms with Gasteiger partial charge in [0.1, 0.15) is 29.3 Å². The third-order valence-corrected chi connectivity index (χ3v) is 5.99. The Morgan fingerprint density at radius 2 is 1.70 bits per heavy atom. The van der Waals surface area contributed by atoms with Crippen molar-refractivity contribution in [1.82, 2.24) is 30.0 Å². The van der Waals surface area contributed by atoms with Crippen molar-refractivity contribution >= 4 is 34.3 Å². The van der Waals surface area contributed by atoms with E-state index in [1.54, 1.807) is 47.3 Å². The van der Waals surface area contributed by atoms with Crippen LogP contribution in [0.4, 0.5) is 16.3 Å². The van der Waals surface area contributed by atoms with Crippen molar-refractivity contribution in [3.8, 4) is 17.2 Å². The van der Waals surface area contributed by atoms with Gasteiger partial charge < -0.3 is 15.4 Å². The number of hydrogen-bond acceptors (Lipinski definition) is 7. The van der Waals surface area contributed by atoms with Gasteiger partial charge in [-0.15, -0.1) is 0 Å². The number of carbonyl (C=O) groups is 2. The average molecular weight is 537 g/mol. The Hall–Kier alpha value is -5.32. The molecular formula is C29H28N8O3. The maximum atomic E-state index is 13.0. The normalized spacial score (nSPS) is 11.2. The number of nitrogens with zero attached hydrogens (tertiary/aromatic N) is 5. The molecule has 0 aliphatic heterocycles. The quantitative estimate of drug-likeness (QED) is 0.268. The first-order chi connectivity index (χ1) is 19.2. The van der Waals surface area contributed by atoms with Crippen LogP contribution in [0.5, 0.6) is 11.5 Å². The van der Waals surface area contributed by atoms with Crippen molar-refractivity contribution in [2.45, 2.75) is 26.2 Å². The van der Waals surface area contributed by atoms with E-state index in [9.17, 15) is 9.59 Å². The Kier molecular flexibility index (Phi) is 7.11. The highest BCUT2D eigenvalue weighted by molar-refractivity contribution is 5.99. The molecule has 0 aliphatic rings. The molecule has 0 atom stereocenters. The molecule has 0 saturated heterocycles. The summed E-state index contributed by atoms with van der Waals surface area (Å²) in [6.45, 7) is 6.19. The first-order valence-corrected chi connectivity index (χ1v) is 12.5. The van der Waals surface area contributed by atoms with Crippen molar-refractivity contribution in [2.24, 2.45) is 0 Å². The summed E-state index contributed by atoms with van der Waals surface area (Å²) in [6, 6.07) is 17.2. The summed E-state index contributed by atoms with van der Waals surface area (Å²) in [7, 11) is 1.54. The maximum Gasteiger partial charge on any atom is 0.324 e. The predicted molar refractivity (Wildman–Crippen MR) is 152 cm³/mol. The molecule has 0 aliphatic carbocycles. The molecule has 5 aromatic rings. The molecule has 0 radical (unpaired) electrons. The zero-order valence-corrected chi connectivity index (χ0v) is 22.5. The monoisotopic (exact) mass is 536 g/mol. The van der Waals surface area contributed by atoms with E-state index in [1.807, 2.05) is 24.3 Å². The number of ether oxygens (including phenoxy) is 1. The summed E-state index contributed by atoms with van der Waals surface area (Å²) in [6.07, 6.45) is 4.75. The topological polar surface area (TPSA) is 136 Å². The van der Waals surface area contributed by atoms with Crippen LogP contribution in [0.25, 0.3) is 16.6 Å². The third kappa shape index (κ3) is 5.88. The number of benzene rings is 2. The van der Waals surface area contributed by atoms with Gasteiger partial charge in [0.15, 0.2) is 0 Å². The molecule has 11 nitrogen and oxygen atoms in total. The molecule has 3 N–H and O–H groups in total. The number of rotatable bonds is 6. The van der Waals surface area contributed by atoms with Gasteiger partial charge in [0, 0.05) is 48.1 Å². The van der Waals surface area contributed by atoms with E-state index in [2.05, 4.69) is 51.7 Å². The number of nitrogens with one attached hydrogen (secondary N) is 3. The molecule has 5 rings (SSSR count). The Bertz CT molecular complexity index is 1690. The molecule has 2 aromatic carbocycles. The average Bonchev–Trinajstić information content (AvgIpc) is 3.38. The van der Waals surface area contributed by atoms with Gasteiger partial charge >= 0.3 is 6.03 Å². The van der Waals surface area contributed by atoms with E-state index in [0.29, 0.717) is 23.0 Å². The van der Waals surface area contributed by atoms with Gasteiger partial charge in [0.2, 0.25) is 0 Å². The molecule has 202 valence electrons. The molecule has 11 heteroatoms. The predicted octanol–water partition coefficient (Wildman–Crippen LogP) is 5.30. The molecule has 0 spiro atoms. The van der Waals surface area contributed by atoms with Crippen LogP contribution < -0.4 is 20.7 Å². The molecule has 3 aromatic heterocycles. The molecule has 0 bridgehead atoms. The first kappa shape index (κ1) is 26.3. The molecule has 40 heavy (non-hydrogen) atoms. The van der Waals surface area contributed by atoms with Gasteiger partial charge in [-0.3, -0.25) is 15.1 Å². The molecule has 0 saturated carbocycles. The molecule has 0 fully saturated rings. The van der Waals surface area contributed by atoms with Crippen LogP contribution in [0.1, 0.15) is 37.0 Å². The number of amides is 3. The lowest BCUT2D eigenvalue weighted by Gasteiger charge is -2.14. The van der Waals surface area contributed by atoms with Crippen molar-refractivity contribution in [3.05, 3.63) is 90.8 Å². The van der Waals surface area contributed by atoms with Crippen LogP contribution in [-0.2, 0) is 5.41 Å². The Morgan fingerprint density at radius 3 is 2.45 bits per heavy atom. The lowest BCUT2D eigenvalue weighted by Crippen LogP contribution is -2.21. The SMILES string of the molecule is CNC(=O)c1cc(Oc2ccc(NC(=O)Nc3cc(C(C)(C)C)nn3-c3ccc4ncncc4c3)cc2)ccn1. The third-order valence-electron chi connectivity index (χ3n) is 5.99. The molecule has 3 amide bonds. The minimum Gasteiger partial charge on any atom is -0.457 e. The lowest BCUT2D eigenvalue weighted by atomic mass is 9.92. The van der Waals surface area contributed by atoms with E-state index in [4.69, 9.17) is 9.84 Å². The number of carbonyl (C=O) groups excluding carboxylic acids is 2. The first-order valence-electron chi connectivity index (χ1n) is 12.5. The Balaban J connectivity index is 1.31. The van der Waals surface area contributed by atoms with Gasteiger partial charge in [-0.25, -0.2) is 19.4 Å². The number of fused-ring (bicyclic) bond motifs is 1. The Morgan fingerprint density at radius 1 is 0.900 bits per heavy atom. The van der Waals surface area contributed by atoms with Crippen LogP contribution in [0.2, 0.25) is 0 Å². The summed E-state index contributed by atoms with van der Waals surface area (Å²) >= 11 is 0. The van der Waals surface area contributed by atoms with Crippen molar-refractivity contribution in [3.63, 3.8) is 0 Å². The highest BCUT2D eigenvalue weighted by atomic mass is 16.5. The van der Waals surface area contributed by atoms with Gasteiger partial charge in [-0.2, -0.15) is 5.10 Å². The second kappa shape index (κ2) is 10.8. The second-order valence-electron chi connectivity index (χ2n) is 10.0.